The van der Waals surface area contributed by atoms with Crippen molar-refractivity contribution in [2.24, 2.45) is 5.92 Å². The third-order valence-electron chi connectivity index (χ3n) is 6.64. The lowest BCUT2D eigenvalue weighted by molar-refractivity contribution is -0.131. The molecular weight excluding hydrogens is 398 g/mol. The summed E-state index contributed by atoms with van der Waals surface area (Å²) in [6.07, 6.45) is 10.1. The highest BCUT2D eigenvalue weighted by Crippen LogP contribution is 2.35. The van der Waals surface area contributed by atoms with Crippen LogP contribution in [0.25, 0.3) is 38.8 Å². The molecule has 1 N–H and O–H groups in total. The molecule has 1 aliphatic carbocycles. The van der Waals surface area contributed by atoms with Crippen molar-refractivity contribution in [3.63, 3.8) is 0 Å². The number of fused-ring (bicyclic) bond motifs is 2. The second-order valence-electron chi connectivity index (χ2n) is 10.0. The van der Waals surface area contributed by atoms with E-state index < -0.39 is 0 Å². The number of H-pyrrole nitrogens is 1. The number of pyridine rings is 1. The zero-order chi connectivity index (χ0) is 22.0. The summed E-state index contributed by atoms with van der Waals surface area (Å²) in [6.45, 7) is 7.95. The second kappa shape index (κ2) is 6.79. The van der Waals surface area contributed by atoms with Crippen molar-refractivity contribution >= 4 is 33.5 Å². The molecule has 1 fully saturated rings. The van der Waals surface area contributed by atoms with Crippen LogP contribution in [0.4, 0.5) is 0 Å². The molecule has 6 heteroatoms. The number of nitrogens with one attached hydrogen (secondary N) is 1. The topological polar surface area (TPSA) is 66.8 Å². The maximum atomic E-state index is 12.4. The van der Waals surface area contributed by atoms with Gasteiger partial charge in [0.05, 0.1) is 17.4 Å². The third-order valence-corrected chi connectivity index (χ3v) is 6.64. The van der Waals surface area contributed by atoms with E-state index >= 15 is 0 Å². The van der Waals surface area contributed by atoms with Gasteiger partial charge in [-0.3, -0.25) is 4.79 Å². The SMILES string of the molecule is CC(C)(C)n1cnc2ccc(-c3c[nH]c4ncc(C5=CCN(C(=O)C6CC6)C5)cc34)cc21. The molecule has 0 radical (unpaired) electrons. The van der Waals surface area contributed by atoms with Gasteiger partial charge in [-0.05, 0) is 68.5 Å². The van der Waals surface area contributed by atoms with Gasteiger partial charge in [0, 0.05) is 47.9 Å². The number of carbonyl (C=O) groups is 1. The molecule has 0 bridgehead atoms. The van der Waals surface area contributed by atoms with Crippen molar-refractivity contribution in [1.82, 2.24) is 24.4 Å². The Hall–Kier alpha value is -3.41. The summed E-state index contributed by atoms with van der Waals surface area (Å²) in [5, 5.41) is 1.09. The van der Waals surface area contributed by atoms with Gasteiger partial charge >= 0.3 is 0 Å². The van der Waals surface area contributed by atoms with E-state index in [0.29, 0.717) is 19.0 Å². The lowest BCUT2D eigenvalue weighted by Gasteiger charge is -2.21. The number of imidazole rings is 1. The first-order valence-corrected chi connectivity index (χ1v) is 11.3. The summed E-state index contributed by atoms with van der Waals surface area (Å²) in [4.78, 5) is 27.0. The van der Waals surface area contributed by atoms with Crippen LogP contribution in [0.2, 0.25) is 0 Å². The van der Waals surface area contributed by atoms with Crippen LogP contribution in [0.5, 0.6) is 0 Å². The van der Waals surface area contributed by atoms with Crippen molar-refractivity contribution in [2.45, 2.75) is 39.2 Å². The zero-order valence-electron chi connectivity index (χ0n) is 18.7. The van der Waals surface area contributed by atoms with Crippen LogP contribution in [-0.2, 0) is 10.3 Å². The highest BCUT2D eigenvalue weighted by molar-refractivity contribution is 5.97. The maximum Gasteiger partial charge on any atom is 0.226 e. The maximum absolute atomic E-state index is 12.4. The molecule has 0 atom stereocenters. The minimum atomic E-state index is -0.0406. The number of rotatable bonds is 3. The Kier molecular flexibility index (Phi) is 4.09. The van der Waals surface area contributed by atoms with E-state index in [2.05, 4.69) is 70.6 Å². The normalized spacial score (nSPS) is 16.8. The fourth-order valence-corrected chi connectivity index (χ4v) is 4.65. The van der Waals surface area contributed by atoms with Crippen LogP contribution < -0.4 is 0 Å². The summed E-state index contributed by atoms with van der Waals surface area (Å²) in [7, 11) is 0. The largest absolute Gasteiger partial charge is 0.346 e. The van der Waals surface area contributed by atoms with Gasteiger partial charge in [-0.1, -0.05) is 12.1 Å². The molecule has 1 amide bonds. The summed E-state index contributed by atoms with van der Waals surface area (Å²) in [5.41, 5.74) is 7.49. The molecule has 1 saturated carbocycles. The molecule has 0 unspecified atom stereocenters. The Bertz CT molecular complexity index is 1400. The molecule has 32 heavy (non-hydrogen) atoms. The Morgan fingerprint density at radius 3 is 2.75 bits per heavy atom. The molecule has 3 aromatic heterocycles. The first kappa shape index (κ1) is 19.3. The van der Waals surface area contributed by atoms with Crippen LogP contribution in [0.15, 0.2) is 49.1 Å². The van der Waals surface area contributed by atoms with Crippen molar-refractivity contribution < 1.29 is 4.79 Å². The zero-order valence-corrected chi connectivity index (χ0v) is 18.7. The van der Waals surface area contributed by atoms with E-state index in [-0.39, 0.29) is 11.5 Å². The fourth-order valence-electron chi connectivity index (χ4n) is 4.65. The molecule has 0 saturated heterocycles. The summed E-state index contributed by atoms with van der Waals surface area (Å²) >= 11 is 0. The standard InChI is InChI=1S/C26H27N5O/c1-26(2,3)31-15-29-22-7-6-17(11-23(22)31)21-13-28-24-20(21)10-19(12-27-24)18-8-9-30(14-18)25(32)16-4-5-16/h6-8,10-13,15-16H,4-5,9,14H2,1-3H3,(H,27,28). The van der Waals surface area contributed by atoms with Crippen LogP contribution >= 0.6 is 0 Å². The van der Waals surface area contributed by atoms with Crippen molar-refractivity contribution in [3.8, 4) is 11.1 Å². The van der Waals surface area contributed by atoms with Gasteiger partial charge in [0.15, 0.2) is 0 Å². The van der Waals surface area contributed by atoms with Gasteiger partial charge in [0.1, 0.15) is 5.65 Å². The molecule has 2 aliphatic rings. The second-order valence-corrected chi connectivity index (χ2v) is 10.0. The van der Waals surface area contributed by atoms with Crippen molar-refractivity contribution in [1.29, 1.82) is 0 Å². The Morgan fingerprint density at radius 1 is 1.12 bits per heavy atom. The van der Waals surface area contributed by atoms with Crippen LogP contribution in [0.1, 0.15) is 39.2 Å². The molecular formula is C26H27N5O. The number of benzene rings is 1. The quantitative estimate of drug-likeness (QED) is 0.504. The van der Waals surface area contributed by atoms with Crippen LogP contribution in [0, 0.1) is 5.92 Å². The molecule has 162 valence electrons. The smallest absolute Gasteiger partial charge is 0.226 e. The van der Waals surface area contributed by atoms with Gasteiger partial charge in [0.25, 0.3) is 0 Å². The van der Waals surface area contributed by atoms with Crippen molar-refractivity contribution in [3.05, 3.63) is 54.6 Å². The number of nitrogens with zero attached hydrogens (tertiary/aromatic N) is 4. The average Bonchev–Trinajstić information content (AvgIpc) is 3.17. The van der Waals surface area contributed by atoms with E-state index in [1.54, 1.807) is 0 Å². The minimum absolute atomic E-state index is 0.0406. The van der Waals surface area contributed by atoms with Crippen molar-refractivity contribution in [2.75, 3.05) is 13.1 Å². The monoisotopic (exact) mass is 425 g/mol. The number of aromatic nitrogens is 4. The lowest BCUT2D eigenvalue weighted by Crippen LogP contribution is -2.30. The number of aromatic amines is 1. The highest BCUT2D eigenvalue weighted by Gasteiger charge is 2.34. The number of hydrogen-bond acceptors (Lipinski definition) is 3. The van der Waals surface area contributed by atoms with Gasteiger partial charge in [-0.2, -0.15) is 0 Å². The summed E-state index contributed by atoms with van der Waals surface area (Å²) < 4.78 is 2.22. The number of hydrogen-bond donors (Lipinski definition) is 1. The summed E-state index contributed by atoms with van der Waals surface area (Å²) in [5.74, 6) is 0.562. The van der Waals surface area contributed by atoms with Gasteiger partial charge in [-0.25, -0.2) is 9.97 Å². The predicted octanol–water partition coefficient (Wildman–Crippen LogP) is 4.97. The molecule has 6 nitrogen and oxygen atoms in total. The summed E-state index contributed by atoms with van der Waals surface area (Å²) in [6, 6.07) is 8.64. The number of carbonyl (C=O) groups excluding carboxylic acids is 1. The molecule has 0 spiro atoms. The van der Waals surface area contributed by atoms with E-state index in [0.717, 1.165) is 51.6 Å². The molecule has 6 rings (SSSR count). The Morgan fingerprint density at radius 2 is 1.97 bits per heavy atom. The molecule has 1 aromatic carbocycles. The van der Waals surface area contributed by atoms with Gasteiger partial charge < -0.3 is 14.5 Å². The first-order valence-electron chi connectivity index (χ1n) is 11.3. The number of amides is 1. The van der Waals surface area contributed by atoms with Gasteiger partial charge in [0.2, 0.25) is 5.91 Å². The van der Waals surface area contributed by atoms with Crippen LogP contribution in [0.3, 0.4) is 0 Å². The van der Waals surface area contributed by atoms with E-state index in [1.807, 2.05) is 23.6 Å². The van der Waals surface area contributed by atoms with E-state index in [1.165, 1.54) is 5.57 Å². The average molecular weight is 426 g/mol. The van der Waals surface area contributed by atoms with Crippen LogP contribution in [-0.4, -0.2) is 43.4 Å². The Balaban J connectivity index is 1.37. The molecule has 4 aromatic rings. The van der Waals surface area contributed by atoms with E-state index in [4.69, 9.17) is 0 Å². The highest BCUT2D eigenvalue weighted by atomic mass is 16.2. The minimum Gasteiger partial charge on any atom is -0.346 e. The third kappa shape index (κ3) is 3.13. The Labute approximate surface area is 187 Å². The fraction of sp³-hybridized carbons (Fsp3) is 0.346. The first-order chi connectivity index (χ1) is 15.4. The van der Waals surface area contributed by atoms with E-state index in [9.17, 15) is 4.79 Å². The molecule has 4 heterocycles. The van der Waals surface area contributed by atoms with Gasteiger partial charge in [-0.15, -0.1) is 0 Å². The lowest BCUT2D eigenvalue weighted by atomic mass is 10.0. The predicted molar refractivity (Wildman–Crippen MR) is 127 cm³/mol. The molecule has 1 aliphatic heterocycles.